The molecule has 2 heterocycles. The van der Waals surface area contributed by atoms with Gasteiger partial charge in [0.2, 0.25) is 0 Å². The highest BCUT2D eigenvalue weighted by Crippen LogP contribution is 2.35. The predicted molar refractivity (Wildman–Crippen MR) is 118 cm³/mol. The number of amides is 1. The van der Waals surface area contributed by atoms with Crippen molar-refractivity contribution in [1.82, 2.24) is 9.88 Å². The second-order valence-corrected chi connectivity index (χ2v) is 8.83. The highest BCUT2D eigenvalue weighted by Gasteiger charge is 2.38. The van der Waals surface area contributed by atoms with Gasteiger partial charge in [-0.3, -0.25) is 4.98 Å². The molecule has 3 aromatic rings. The van der Waals surface area contributed by atoms with Crippen LogP contribution in [0.1, 0.15) is 32.3 Å². The van der Waals surface area contributed by atoms with E-state index in [1.165, 1.54) is 5.56 Å². The molecule has 0 saturated carbocycles. The number of carbonyl (C=O) groups is 1. The number of fused-ring (bicyclic) bond motifs is 1. The fourth-order valence-electron chi connectivity index (χ4n) is 4.01. The van der Waals surface area contributed by atoms with Crippen molar-refractivity contribution in [2.45, 2.75) is 32.3 Å². The molecule has 0 unspecified atom stereocenters. The van der Waals surface area contributed by atoms with Crippen LogP contribution in [0.2, 0.25) is 0 Å². The van der Waals surface area contributed by atoms with Gasteiger partial charge in [-0.2, -0.15) is 0 Å². The van der Waals surface area contributed by atoms with Crippen LogP contribution in [0.3, 0.4) is 0 Å². The Labute approximate surface area is 177 Å². The Morgan fingerprint density at radius 2 is 1.87 bits per heavy atom. The van der Waals surface area contributed by atoms with E-state index in [-0.39, 0.29) is 17.9 Å². The van der Waals surface area contributed by atoms with Crippen molar-refractivity contribution in [3.63, 3.8) is 0 Å². The van der Waals surface area contributed by atoms with E-state index in [2.05, 4.69) is 17.1 Å². The fraction of sp³-hybridized carbons (Fsp3) is 0.360. The molecule has 1 aliphatic heterocycles. The summed E-state index contributed by atoms with van der Waals surface area (Å²) in [6.45, 7) is 7.45. The highest BCUT2D eigenvalue weighted by atomic mass is 16.6. The predicted octanol–water partition coefficient (Wildman–Crippen LogP) is 5.26. The third-order valence-electron chi connectivity index (χ3n) is 5.41. The van der Waals surface area contributed by atoms with Crippen LogP contribution in [0.5, 0.6) is 5.75 Å². The molecule has 156 valence electrons. The van der Waals surface area contributed by atoms with E-state index in [0.717, 1.165) is 16.5 Å². The van der Waals surface area contributed by atoms with Crippen LogP contribution >= 0.6 is 0 Å². The maximum atomic E-state index is 12.7. The Hall–Kier alpha value is -3.08. The Morgan fingerprint density at radius 3 is 2.63 bits per heavy atom. The molecule has 1 amide bonds. The summed E-state index contributed by atoms with van der Waals surface area (Å²) in [5, 5.41) is 2.10. The summed E-state index contributed by atoms with van der Waals surface area (Å²) >= 11 is 0. The van der Waals surface area contributed by atoms with Crippen molar-refractivity contribution in [3.05, 3.63) is 72.6 Å². The van der Waals surface area contributed by atoms with Crippen LogP contribution < -0.4 is 4.74 Å². The molecule has 0 spiro atoms. The number of hydrogen-bond donors (Lipinski definition) is 0. The molecule has 1 aromatic heterocycles. The molecule has 1 saturated heterocycles. The first-order valence-corrected chi connectivity index (χ1v) is 10.4. The average Bonchev–Trinajstić information content (AvgIpc) is 3.16. The van der Waals surface area contributed by atoms with Gasteiger partial charge in [0.15, 0.2) is 0 Å². The molecular formula is C25H28N2O3. The van der Waals surface area contributed by atoms with E-state index in [9.17, 15) is 4.79 Å². The number of rotatable bonds is 4. The molecule has 0 aliphatic carbocycles. The second kappa shape index (κ2) is 8.34. The number of nitrogens with zero attached hydrogens (tertiary/aromatic N) is 2. The number of ether oxygens (including phenoxy) is 2. The van der Waals surface area contributed by atoms with E-state index in [4.69, 9.17) is 9.47 Å². The smallest absolute Gasteiger partial charge is 0.410 e. The number of likely N-dealkylation sites (tertiary alicyclic amines) is 1. The minimum absolute atomic E-state index is 0.178. The molecule has 2 aromatic carbocycles. The lowest BCUT2D eigenvalue weighted by Gasteiger charge is -2.24. The van der Waals surface area contributed by atoms with Crippen molar-refractivity contribution in [3.8, 4) is 5.75 Å². The zero-order valence-corrected chi connectivity index (χ0v) is 17.7. The summed E-state index contributed by atoms with van der Waals surface area (Å²) in [5.74, 6) is 1.23. The summed E-state index contributed by atoms with van der Waals surface area (Å²) in [4.78, 5) is 18.7. The Balaban J connectivity index is 1.53. The molecule has 4 rings (SSSR count). The van der Waals surface area contributed by atoms with Gasteiger partial charge in [-0.25, -0.2) is 4.79 Å². The second-order valence-electron chi connectivity index (χ2n) is 8.83. The Bertz CT molecular complexity index is 1010. The van der Waals surface area contributed by atoms with Gasteiger partial charge in [-0.15, -0.1) is 0 Å². The number of hydrogen-bond acceptors (Lipinski definition) is 4. The number of carbonyl (C=O) groups excluding carboxylic acids is 1. The van der Waals surface area contributed by atoms with Crippen molar-refractivity contribution >= 4 is 16.9 Å². The van der Waals surface area contributed by atoms with Crippen LogP contribution in [0.25, 0.3) is 10.8 Å². The monoisotopic (exact) mass is 404 g/mol. The lowest BCUT2D eigenvalue weighted by Crippen LogP contribution is -2.35. The van der Waals surface area contributed by atoms with Gasteiger partial charge < -0.3 is 14.4 Å². The standard InChI is InChI=1S/C25H28N2O3/c1-25(2,3)30-24(28)27-15-20(22(16-27)18-8-5-4-6-9-18)17-29-23-11-7-10-19-14-26-13-12-21(19)23/h4-14,20,22H,15-17H2,1-3H3/t20-,22-/m1/s1. The maximum Gasteiger partial charge on any atom is 0.410 e. The van der Waals surface area contributed by atoms with Crippen LogP contribution in [0.4, 0.5) is 4.79 Å². The zero-order valence-electron chi connectivity index (χ0n) is 17.7. The molecular weight excluding hydrogens is 376 g/mol. The first-order chi connectivity index (χ1) is 14.4. The van der Waals surface area contributed by atoms with Gasteiger partial charge >= 0.3 is 6.09 Å². The summed E-state index contributed by atoms with van der Waals surface area (Å²) < 4.78 is 11.9. The van der Waals surface area contributed by atoms with Crippen LogP contribution in [0.15, 0.2) is 67.0 Å². The van der Waals surface area contributed by atoms with Crippen molar-refractivity contribution < 1.29 is 14.3 Å². The Morgan fingerprint density at radius 1 is 1.07 bits per heavy atom. The highest BCUT2D eigenvalue weighted by molar-refractivity contribution is 5.87. The minimum atomic E-state index is -0.509. The quantitative estimate of drug-likeness (QED) is 0.595. The van der Waals surface area contributed by atoms with E-state index in [1.54, 1.807) is 6.20 Å². The van der Waals surface area contributed by atoms with Gasteiger partial charge in [-0.1, -0.05) is 42.5 Å². The summed E-state index contributed by atoms with van der Waals surface area (Å²) in [7, 11) is 0. The maximum absolute atomic E-state index is 12.7. The van der Waals surface area contributed by atoms with Gasteiger partial charge in [0.1, 0.15) is 11.4 Å². The van der Waals surface area contributed by atoms with E-state index in [1.807, 2.05) is 74.3 Å². The fourth-order valence-corrected chi connectivity index (χ4v) is 4.01. The van der Waals surface area contributed by atoms with E-state index < -0.39 is 5.60 Å². The first kappa shape index (κ1) is 20.2. The van der Waals surface area contributed by atoms with Gasteiger partial charge in [0.05, 0.1) is 6.61 Å². The van der Waals surface area contributed by atoms with Crippen LogP contribution in [-0.2, 0) is 4.74 Å². The van der Waals surface area contributed by atoms with Crippen molar-refractivity contribution in [2.24, 2.45) is 5.92 Å². The van der Waals surface area contributed by atoms with Crippen LogP contribution in [-0.4, -0.2) is 41.3 Å². The summed E-state index contributed by atoms with van der Waals surface area (Å²) in [5.41, 5.74) is 0.713. The third-order valence-corrected chi connectivity index (χ3v) is 5.41. The molecule has 1 aliphatic rings. The largest absolute Gasteiger partial charge is 0.493 e. The number of aromatic nitrogens is 1. The van der Waals surface area contributed by atoms with E-state index >= 15 is 0 Å². The SMILES string of the molecule is CC(C)(C)OC(=O)N1C[C@H](COc2cccc3cnccc23)[C@@H](c2ccccc2)C1. The molecule has 5 nitrogen and oxygen atoms in total. The normalized spacial score (nSPS) is 19.1. The molecule has 0 bridgehead atoms. The summed E-state index contributed by atoms with van der Waals surface area (Å²) in [6, 6.07) is 18.3. The molecule has 1 fully saturated rings. The van der Waals surface area contributed by atoms with Gasteiger partial charge in [0, 0.05) is 48.1 Å². The summed E-state index contributed by atoms with van der Waals surface area (Å²) in [6.07, 6.45) is 3.36. The van der Waals surface area contributed by atoms with Gasteiger partial charge in [0.25, 0.3) is 0 Å². The topological polar surface area (TPSA) is 51.7 Å². The number of benzene rings is 2. The molecule has 30 heavy (non-hydrogen) atoms. The molecule has 0 N–H and O–H groups in total. The van der Waals surface area contributed by atoms with Gasteiger partial charge in [-0.05, 0) is 38.5 Å². The minimum Gasteiger partial charge on any atom is -0.493 e. The van der Waals surface area contributed by atoms with Crippen molar-refractivity contribution in [2.75, 3.05) is 19.7 Å². The molecule has 5 heteroatoms. The molecule has 2 atom stereocenters. The number of pyridine rings is 1. The lowest BCUT2D eigenvalue weighted by molar-refractivity contribution is 0.0283. The third kappa shape index (κ3) is 4.56. The Kier molecular flexibility index (Phi) is 5.62. The lowest BCUT2D eigenvalue weighted by atomic mass is 9.89. The van der Waals surface area contributed by atoms with Crippen molar-refractivity contribution in [1.29, 1.82) is 0 Å². The average molecular weight is 405 g/mol. The molecule has 0 radical (unpaired) electrons. The zero-order chi connectivity index (χ0) is 21.1. The van der Waals surface area contributed by atoms with E-state index in [0.29, 0.717) is 19.7 Å². The first-order valence-electron chi connectivity index (χ1n) is 10.4. The van der Waals surface area contributed by atoms with Crippen LogP contribution in [0, 0.1) is 5.92 Å².